The predicted molar refractivity (Wildman–Crippen MR) is 123 cm³/mol. The van der Waals surface area contributed by atoms with Gasteiger partial charge in [-0.15, -0.1) is 34.2 Å². The molecule has 0 amide bonds. The number of aromatic nitrogens is 3. The van der Waals surface area contributed by atoms with E-state index < -0.39 is 0 Å². The number of morpholine rings is 1. The van der Waals surface area contributed by atoms with Crippen LogP contribution in [0.15, 0.2) is 4.99 Å². The van der Waals surface area contributed by atoms with E-state index in [1.807, 2.05) is 0 Å². The van der Waals surface area contributed by atoms with Crippen molar-refractivity contribution in [1.29, 1.82) is 0 Å². The van der Waals surface area contributed by atoms with Gasteiger partial charge in [0.05, 0.1) is 13.2 Å². The third-order valence-corrected chi connectivity index (χ3v) is 5.18. The summed E-state index contributed by atoms with van der Waals surface area (Å²) >= 11 is 0. The number of fused-ring (bicyclic) bond motifs is 1. The van der Waals surface area contributed by atoms with Gasteiger partial charge in [-0.05, 0) is 26.2 Å². The van der Waals surface area contributed by atoms with Crippen molar-refractivity contribution in [2.75, 3.05) is 52.5 Å². The van der Waals surface area contributed by atoms with Crippen molar-refractivity contribution in [2.45, 2.75) is 52.0 Å². The first-order valence-corrected chi connectivity index (χ1v) is 10.6. The molecule has 8 nitrogen and oxygen atoms in total. The molecule has 0 aromatic carbocycles. The van der Waals surface area contributed by atoms with E-state index in [1.165, 1.54) is 25.1 Å². The molecule has 0 spiro atoms. The Morgan fingerprint density at radius 2 is 1.96 bits per heavy atom. The summed E-state index contributed by atoms with van der Waals surface area (Å²) in [5, 5.41) is 15.6. The maximum atomic E-state index is 5.39. The summed E-state index contributed by atoms with van der Waals surface area (Å²) in [5.74, 6) is 3.21. The lowest BCUT2D eigenvalue weighted by atomic mass is 10.2. The first kappa shape index (κ1) is 23.3. The highest BCUT2D eigenvalue weighted by Gasteiger charge is 2.14. The maximum Gasteiger partial charge on any atom is 0.191 e. The second-order valence-electron chi connectivity index (χ2n) is 7.24. The van der Waals surface area contributed by atoms with Gasteiger partial charge < -0.3 is 19.9 Å². The molecule has 0 radical (unpaired) electrons. The minimum Gasteiger partial charge on any atom is -0.379 e. The number of hydrogen-bond donors (Lipinski definition) is 2. The van der Waals surface area contributed by atoms with Gasteiger partial charge in [-0.3, -0.25) is 9.89 Å². The van der Waals surface area contributed by atoms with Crippen molar-refractivity contribution >= 4 is 29.9 Å². The molecule has 1 fully saturated rings. The zero-order valence-electron chi connectivity index (χ0n) is 17.2. The number of aryl methyl sites for hydroxylation is 2. The van der Waals surface area contributed by atoms with Crippen LogP contribution in [-0.2, 0) is 24.1 Å². The molecule has 2 N–H and O–H groups in total. The van der Waals surface area contributed by atoms with E-state index in [0.29, 0.717) is 0 Å². The van der Waals surface area contributed by atoms with Gasteiger partial charge in [-0.25, -0.2) is 0 Å². The summed E-state index contributed by atoms with van der Waals surface area (Å²) in [7, 11) is 0. The van der Waals surface area contributed by atoms with E-state index in [1.54, 1.807) is 0 Å². The molecule has 0 aliphatic carbocycles. The monoisotopic (exact) mass is 505 g/mol. The average molecular weight is 505 g/mol. The average Bonchev–Trinajstić information content (AvgIpc) is 2.92. The van der Waals surface area contributed by atoms with E-state index in [4.69, 9.17) is 9.73 Å². The van der Waals surface area contributed by atoms with Crippen LogP contribution in [0.5, 0.6) is 0 Å². The van der Waals surface area contributed by atoms with E-state index in [9.17, 15) is 0 Å². The topological polar surface area (TPSA) is 79.6 Å². The van der Waals surface area contributed by atoms with Gasteiger partial charge in [-0.2, -0.15) is 0 Å². The quantitative estimate of drug-likeness (QED) is 0.241. The molecule has 2 aliphatic rings. The van der Waals surface area contributed by atoms with Crippen molar-refractivity contribution in [3.8, 4) is 0 Å². The molecule has 28 heavy (non-hydrogen) atoms. The molecule has 3 rings (SSSR count). The number of ether oxygens (including phenoxy) is 1. The summed E-state index contributed by atoms with van der Waals surface area (Å²) in [6.07, 6.45) is 6.80. The van der Waals surface area contributed by atoms with E-state index in [2.05, 4.69) is 37.2 Å². The molecule has 9 heteroatoms. The lowest BCUT2D eigenvalue weighted by Crippen LogP contribution is -2.44. The largest absolute Gasteiger partial charge is 0.379 e. The number of guanidine groups is 1. The van der Waals surface area contributed by atoms with E-state index in [0.717, 1.165) is 90.1 Å². The van der Waals surface area contributed by atoms with E-state index >= 15 is 0 Å². The lowest BCUT2D eigenvalue weighted by molar-refractivity contribution is 0.0389. The maximum absolute atomic E-state index is 5.39. The summed E-state index contributed by atoms with van der Waals surface area (Å²) in [6, 6.07) is 0. The zero-order chi connectivity index (χ0) is 18.7. The Hall–Kier alpha value is -0.940. The molecule has 0 atom stereocenters. The summed E-state index contributed by atoms with van der Waals surface area (Å²) in [5.41, 5.74) is 0. The molecule has 2 aliphatic heterocycles. The van der Waals surface area contributed by atoms with Crippen LogP contribution in [-0.4, -0.2) is 78.1 Å². The smallest absolute Gasteiger partial charge is 0.191 e. The Morgan fingerprint density at radius 3 is 2.79 bits per heavy atom. The Balaban J connectivity index is 0.00000280. The Morgan fingerprint density at radius 1 is 1.11 bits per heavy atom. The molecule has 1 aromatic heterocycles. The SMILES string of the molecule is CCNC(=NCCCc1nnc2n1CCCCC2)NCCN1CCOCC1.I. The number of hydrogen-bond acceptors (Lipinski definition) is 5. The first-order chi connectivity index (χ1) is 13.4. The normalized spacial score (nSPS) is 18.1. The number of nitrogens with one attached hydrogen (secondary N) is 2. The molecule has 1 aromatic rings. The standard InChI is InChI=1S/C19H35N7O.HI/c1-2-20-19(22-10-12-25-13-15-27-16-14-25)21-9-6-8-18-24-23-17-7-4-3-5-11-26(17)18;/h2-16H2,1H3,(H2,20,21,22);1H. The molecular weight excluding hydrogens is 469 g/mol. The van der Waals surface area contributed by atoms with Crippen molar-refractivity contribution in [3.05, 3.63) is 11.6 Å². The lowest BCUT2D eigenvalue weighted by Gasteiger charge is -2.26. The van der Waals surface area contributed by atoms with Crippen molar-refractivity contribution in [1.82, 2.24) is 30.3 Å². The van der Waals surface area contributed by atoms with Gasteiger partial charge in [-0.1, -0.05) is 6.42 Å². The minimum absolute atomic E-state index is 0. The fraction of sp³-hybridized carbons (Fsp3) is 0.842. The van der Waals surface area contributed by atoms with Gasteiger partial charge in [0.15, 0.2) is 5.96 Å². The third kappa shape index (κ3) is 7.47. The Bertz CT molecular complexity index is 587. The first-order valence-electron chi connectivity index (χ1n) is 10.6. The third-order valence-electron chi connectivity index (χ3n) is 5.18. The van der Waals surface area contributed by atoms with Gasteiger partial charge >= 0.3 is 0 Å². The van der Waals surface area contributed by atoms with Crippen molar-refractivity contribution < 1.29 is 4.74 Å². The molecular formula is C19H36IN7O. The number of aliphatic imine (C=N–C) groups is 1. The van der Waals surface area contributed by atoms with Crippen LogP contribution < -0.4 is 10.6 Å². The van der Waals surface area contributed by atoms with Crippen LogP contribution in [0.1, 0.15) is 44.3 Å². The van der Waals surface area contributed by atoms with Crippen LogP contribution in [0.2, 0.25) is 0 Å². The highest BCUT2D eigenvalue weighted by molar-refractivity contribution is 14.0. The zero-order valence-corrected chi connectivity index (χ0v) is 19.5. The minimum atomic E-state index is 0. The molecule has 0 unspecified atom stereocenters. The van der Waals surface area contributed by atoms with Gasteiger partial charge in [0, 0.05) is 58.7 Å². The summed E-state index contributed by atoms with van der Waals surface area (Å²) < 4.78 is 7.73. The summed E-state index contributed by atoms with van der Waals surface area (Å²) in [6.45, 7) is 10.5. The second-order valence-corrected chi connectivity index (χ2v) is 7.24. The number of nitrogens with zero attached hydrogens (tertiary/aromatic N) is 5. The van der Waals surface area contributed by atoms with Crippen molar-refractivity contribution in [3.63, 3.8) is 0 Å². The van der Waals surface area contributed by atoms with Crippen LogP contribution in [0.3, 0.4) is 0 Å². The van der Waals surface area contributed by atoms with Crippen LogP contribution in [0.25, 0.3) is 0 Å². The highest BCUT2D eigenvalue weighted by Crippen LogP contribution is 2.15. The summed E-state index contributed by atoms with van der Waals surface area (Å²) in [4.78, 5) is 7.15. The van der Waals surface area contributed by atoms with Gasteiger partial charge in [0.1, 0.15) is 11.6 Å². The van der Waals surface area contributed by atoms with Crippen molar-refractivity contribution in [2.24, 2.45) is 4.99 Å². The molecule has 3 heterocycles. The molecule has 0 saturated carbocycles. The second kappa shape index (κ2) is 13.3. The molecule has 0 bridgehead atoms. The highest BCUT2D eigenvalue weighted by atomic mass is 127. The van der Waals surface area contributed by atoms with Crippen LogP contribution in [0, 0.1) is 0 Å². The number of halogens is 1. The fourth-order valence-corrected chi connectivity index (χ4v) is 3.66. The van der Waals surface area contributed by atoms with Crippen LogP contribution >= 0.6 is 24.0 Å². The van der Waals surface area contributed by atoms with E-state index in [-0.39, 0.29) is 24.0 Å². The Labute approximate surface area is 185 Å². The fourth-order valence-electron chi connectivity index (χ4n) is 3.66. The number of rotatable bonds is 8. The van der Waals surface area contributed by atoms with Crippen LogP contribution in [0.4, 0.5) is 0 Å². The molecule has 1 saturated heterocycles. The predicted octanol–water partition coefficient (Wildman–Crippen LogP) is 1.44. The van der Waals surface area contributed by atoms with Gasteiger partial charge in [0.2, 0.25) is 0 Å². The molecule has 160 valence electrons. The Kier molecular flexibility index (Phi) is 11.1. The van der Waals surface area contributed by atoms with Gasteiger partial charge in [0.25, 0.3) is 0 Å².